The predicted molar refractivity (Wildman–Crippen MR) is 121 cm³/mol. The van der Waals surface area contributed by atoms with Gasteiger partial charge in [0.1, 0.15) is 0 Å². The summed E-state index contributed by atoms with van der Waals surface area (Å²) in [5, 5.41) is 0. The second-order valence-corrected chi connectivity index (χ2v) is 9.50. The van der Waals surface area contributed by atoms with Crippen LogP contribution in [-0.4, -0.2) is 35.5 Å². The van der Waals surface area contributed by atoms with E-state index < -0.39 is 16.3 Å². The summed E-state index contributed by atoms with van der Waals surface area (Å²) >= 11 is 0. The van der Waals surface area contributed by atoms with Crippen molar-refractivity contribution in [2.24, 2.45) is 5.92 Å². The molecule has 2 aromatic rings. The fourth-order valence-corrected chi connectivity index (χ4v) is 5.60. The van der Waals surface area contributed by atoms with Gasteiger partial charge in [0.2, 0.25) is 0 Å². The highest BCUT2D eigenvalue weighted by atomic mass is 32.2. The third kappa shape index (κ3) is 4.46. The standard InChI is InChI=1S/C24H31NO4S/c1-5-6-9-19-16-20-10-7-8-11-23(20)25(24(29-4)22(19)17-28-3)30(26,27)21-14-12-18(2)13-15-21/h7-8,10-16,22,24H,5-6,9,17H2,1-4H3. The van der Waals surface area contributed by atoms with Gasteiger partial charge in [0.15, 0.2) is 6.23 Å². The van der Waals surface area contributed by atoms with E-state index in [-0.39, 0.29) is 10.8 Å². The van der Waals surface area contributed by atoms with E-state index in [1.54, 1.807) is 26.4 Å². The first-order valence-corrected chi connectivity index (χ1v) is 11.8. The van der Waals surface area contributed by atoms with Gasteiger partial charge < -0.3 is 9.47 Å². The van der Waals surface area contributed by atoms with E-state index >= 15 is 0 Å². The van der Waals surface area contributed by atoms with E-state index in [1.165, 1.54) is 4.31 Å². The molecule has 0 aromatic heterocycles. The normalized spacial score (nSPS) is 19.2. The van der Waals surface area contributed by atoms with Crippen molar-refractivity contribution in [3.63, 3.8) is 0 Å². The molecular weight excluding hydrogens is 398 g/mol. The molecule has 0 amide bonds. The number of para-hydroxylation sites is 1. The maximum Gasteiger partial charge on any atom is 0.266 e. The smallest absolute Gasteiger partial charge is 0.266 e. The Morgan fingerprint density at radius 1 is 1.03 bits per heavy atom. The summed E-state index contributed by atoms with van der Waals surface area (Å²) in [6, 6.07) is 14.5. The van der Waals surface area contributed by atoms with Crippen molar-refractivity contribution in [3.05, 3.63) is 65.2 Å². The minimum absolute atomic E-state index is 0.209. The minimum Gasteiger partial charge on any atom is -0.384 e. The monoisotopic (exact) mass is 429 g/mol. The molecule has 2 atom stereocenters. The van der Waals surface area contributed by atoms with Crippen LogP contribution in [0.4, 0.5) is 5.69 Å². The number of fused-ring (bicyclic) bond motifs is 1. The van der Waals surface area contributed by atoms with Crippen LogP contribution in [0.25, 0.3) is 6.08 Å². The quantitative estimate of drug-likeness (QED) is 0.592. The predicted octanol–water partition coefficient (Wildman–Crippen LogP) is 5.01. The first-order valence-electron chi connectivity index (χ1n) is 10.4. The molecule has 1 aliphatic rings. The van der Waals surface area contributed by atoms with Crippen molar-refractivity contribution < 1.29 is 17.9 Å². The second-order valence-electron chi connectivity index (χ2n) is 7.68. The van der Waals surface area contributed by atoms with Gasteiger partial charge in [-0.3, -0.25) is 0 Å². The zero-order chi connectivity index (χ0) is 21.7. The van der Waals surface area contributed by atoms with Crippen LogP contribution in [0.3, 0.4) is 0 Å². The Labute approximate surface area is 180 Å². The van der Waals surface area contributed by atoms with Crippen LogP contribution < -0.4 is 4.31 Å². The van der Waals surface area contributed by atoms with Gasteiger partial charge in [0.25, 0.3) is 10.0 Å². The number of unbranched alkanes of at least 4 members (excludes halogenated alkanes) is 1. The molecule has 0 saturated carbocycles. The van der Waals surface area contributed by atoms with E-state index in [0.717, 1.165) is 36.0 Å². The van der Waals surface area contributed by atoms with Gasteiger partial charge in [0, 0.05) is 20.1 Å². The fourth-order valence-electron chi connectivity index (χ4n) is 3.96. The van der Waals surface area contributed by atoms with Gasteiger partial charge in [-0.05, 0) is 43.5 Å². The van der Waals surface area contributed by atoms with Crippen molar-refractivity contribution in [1.29, 1.82) is 0 Å². The summed E-state index contributed by atoms with van der Waals surface area (Å²) in [6.07, 6.45) is 4.36. The third-order valence-electron chi connectivity index (χ3n) is 5.55. The highest BCUT2D eigenvalue weighted by molar-refractivity contribution is 7.92. The lowest BCUT2D eigenvalue weighted by atomic mass is 9.92. The van der Waals surface area contributed by atoms with Crippen LogP contribution in [0.2, 0.25) is 0 Å². The van der Waals surface area contributed by atoms with Crippen LogP contribution in [0, 0.1) is 12.8 Å². The molecule has 1 aliphatic heterocycles. The van der Waals surface area contributed by atoms with Crippen molar-refractivity contribution in [2.75, 3.05) is 25.1 Å². The number of hydrogen-bond donors (Lipinski definition) is 0. The average Bonchev–Trinajstić information content (AvgIpc) is 2.87. The number of nitrogens with zero attached hydrogens (tertiary/aromatic N) is 1. The van der Waals surface area contributed by atoms with Gasteiger partial charge in [-0.2, -0.15) is 0 Å². The molecule has 0 saturated heterocycles. The number of rotatable bonds is 8. The Bertz CT molecular complexity index is 983. The molecular formula is C24H31NO4S. The van der Waals surface area contributed by atoms with E-state index in [2.05, 4.69) is 13.0 Å². The van der Waals surface area contributed by atoms with Gasteiger partial charge in [-0.15, -0.1) is 0 Å². The Morgan fingerprint density at radius 2 is 1.73 bits per heavy atom. The van der Waals surface area contributed by atoms with E-state index in [4.69, 9.17) is 9.47 Å². The molecule has 162 valence electrons. The molecule has 0 fully saturated rings. The van der Waals surface area contributed by atoms with Crippen molar-refractivity contribution in [1.82, 2.24) is 0 Å². The van der Waals surface area contributed by atoms with E-state index in [1.807, 2.05) is 43.3 Å². The van der Waals surface area contributed by atoms with Crippen LogP contribution in [0.15, 0.2) is 59.0 Å². The Balaban J connectivity index is 2.20. The lowest BCUT2D eigenvalue weighted by molar-refractivity contribution is 0.0362. The average molecular weight is 430 g/mol. The van der Waals surface area contributed by atoms with Crippen molar-refractivity contribution in [3.8, 4) is 0 Å². The van der Waals surface area contributed by atoms with Gasteiger partial charge in [0.05, 0.1) is 17.2 Å². The lowest BCUT2D eigenvalue weighted by Gasteiger charge is -2.36. The van der Waals surface area contributed by atoms with Gasteiger partial charge >= 0.3 is 0 Å². The molecule has 0 aliphatic carbocycles. The Hall–Kier alpha value is -2.15. The Morgan fingerprint density at radius 3 is 2.37 bits per heavy atom. The first-order chi connectivity index (χ1) is 14.4. The van der Waals surface area contributed by atoms with Crippen LogP contribution >= 0.6 is 0 Å². The van der Waals surface area contributed by atoms with Crippen LogP contribution in [0.5, 0.6) is 0 Å². The van der Waals surface area contributed by atoms with Gasteiger partial charge in [-0.1, -0.05) is 60.9 Å². The molecule has 1 heterocycles. The number of sulfonamides is 1. The lowest BCUT2D eigenvalue weighted by Crippen LogP contribution is -2.47. The number of aryl methyl sites for hydroxylation is 1. The molecule has 0 N–H and O–H groups in total. The Kier molecular flexibility index (Phi) is 7.34. The molecule has 2 unspecified atom stereocenters. The summed E-state index contributed by atoms with van der Waals surface area (Å²) < 4.78 is 40.5. The van der Waals surface area contributed by atoms with Crippen LogP contribution in [-0.2, 0) is 19.5 Å². The molecule has 5 nitrogen and oxygen atoms in total. The minimum atomic E-state index is -3.85. The molecule has 0 radical (unpaired) electrons. The molecule has 0 spiro atoms. The maximum absolute atomic E-state index is 13.8. The van der Waals surface area contributed by atoms with Crippen molar-refractivity contribution in [2.45, 2.75) is 44.2 Å². The molecule has 2 aromatic carbocycles. The molecule has 0 bridgehead atoms. The third-order valence-corrected chi connectivity index (χ3v) is 7.34. The SMILES string of the molecule is CCCCC1=Cc2ccccc2N(S(=O)(=O)c2ccc(C)cc2)C(OC)C1COC. The topological polar surface area (TPSA) is 55.8 Å². The highest BCUT2D eigenvalue weighted by Gasteiger charge is 2.40. The number of anilines is 1. The summed E-state index contributed by atoms with van der Waals surface area (Å²) in [4.78, 5) is 0.248. The largest absolute Gasteiger partial charge is 0.384 e. The molecule has 3 rings (SSSR count). The first kappa shape index (κ1) is 22.5. The number of methoxy groups -OCH3 is 2. The molecule has 6 heteroatoms. The highest BCUT2D eigenvalue weighted by Crippen LogP contribution is 2.40. The maximum atomic E-state index is 13.8. The summed E-state index contributed by atoms with van der Waals surface area (Å²) in [6.45, 7) is 4.47. The number of benzene rings is 2. The second kappa shape index (κ2) is 9.77. The zero-order valence-corrected chi connectivity index (χ0v) is 19.0. The van der Waals surface area contributed by atoms with Crippen molar-refractivity contribution >= 4 is 21.8 Å². The summed E-state index contributed by atoms with van der Waals surface area (Å²) in [5.41, 5.74) is 3.66. The fraction of sp³-hybridized carbons (Fsp3) is 0.417. The van der Waals surface area contributed by atoms with Crippen LogP contribution in [0.1, 0.15) is 37.3 Å². The van der Waals surface area contributed by atoms with E-state index in [9.17, 15) is 8.42 Å². The number of ether oxygens (including phenoxy) is 2. The summed E-state index contributed by atoms with van der Waals surface area (Å²) in [5.74, 6) is -0.209. The molecule has 30 heavy (non-hydrogen) atoms. The zero-order valence-electron chi connectivity index (χ0n) is 18.2. The summed E-state index contributed by atoms with van der Waals surface area (Å²) in [7, 11) is -0.647. The van der Waals surface area contributed by atoms with Gasteiger partial charge in [-0.25, -0.2) is 12.7 Å². The number of hydrogen-bond acceptors (Lipinski definition) is 4. The van der Waals surface area contributed by atoms with E-state index in [0.29, 0.717) is 12.3 Å².